The van der Waals surface area contributed by atoms with Crippen molar-refractivity contribution < 1.29 is 0 Å². The van der Waals surface area contributed by atoms with Crippen LogP contribution in [0.2, 0.25) is 0 Å². The molecule has 2 heteroatoms. The van der Waals surface area contributed by atoms with E-state index in [1.807, 2.05) is 0 Å². The van der Waals surface area contributed by atoms with Crippen molar-refractivity contribution in [1.82, 2.24) is 0 Å². The molecule has 0 fully saturated rings. The molecule has 0 radical (unpaired) electrons. The maximum absolute atomic E-state index is 2.31. The van der Waals surface area contributed by atoms with Gasteiger partial charge < -0.3 is 0 Å². The van der Waals surface area contributed by atoms with Crippen LogP contribution in [0.1, 0.15) is 50.7 Å². The van der Waals surface area contributed by atoms with Gasteiger partial charge in [-0.1, -0.05) is 52.0 Å². The van der Waals surface area contributed by atoms with Gasteiger partial charge in [-0.3, -0.25) is 0 Å². The summed E-state index contributed by atoms with van der Waals surface area (Å²) in [5.74, 6) is 1.28. The Bertz CT molecular complexity index is 231. The van der Waals surface area contributed by atoms with Crippen molar-refractivity contribution in [2.75, 3.05) is 0 Å². The van der Waals surface area contributed by atoms with Gasteiger partial charge in [0.25, 0.3) is 0 Å². The Balaban J connectivity index is 0. The van der Waals surface area contributed by atoms with Crippen LogP contribution >= 0.6 is 0 Å². The summed E-state index contributed by atoms with van der Waals surface area (Å²) in [6.45, 7) is 8.94. The van der Waals surface area contributed by atoms with Gasteiger partial charge in [0, 0.05) is 0 Å². The van der Waals surface area contributed by atoms with Crippen LogP contribution in [-0.4, -0.2) is 37.7 Å². The normalized spacial score (nSPS) is 9.57. The standard InChI is InChI=1S/C12H18.2Li.2H/c1-9(2)11-6-5-7-12(8-11)10(3)4;;;;/h5-10H,1-4H3;;;;. The molecule has 0 atom stereocenters. The second kappa shape index (κ2) is 7.67. The predicted octanol–water partition coefficient (Wildman–Crippen LogP) is 2.64. The molecule has 0 aliphatic heterocycles. The van der Waals surface area contributed by atoms with Gasteiger partial charge in [0.15, 0.2) is 0 Å². The van der Waals surface area contributed by atoms with Crippen LogP contribution in [0.5, 0.6) is 0 Å². The molecule has 0 saturated heterocycles. The molecule has 0 aliphatic carbocycles. The summed E-state index contributed by atoms with van der Waals surface area (Å²) < 4.78 is 0. The monoisotopic (exact) mass is 178 g/mol. The van der Waals surface area contributed by atoms with E-state index in [4.69, 9.17) is 0 Å². The summed E-state index contributed by atoms with van der Waals surface area (Å²) in [4.78, 5) is 0. The van der Waals surface area contributed by atoms with Crippen molar-refractivity contribution in [3.8, 4) is 0 Å². The van der Waals surface area contributed by atoms with E-state index < -0.39 is 0 Å². The molecule has 0 nitrogen and oxygen atoms in total. The van der Waals surface area contributed by atoms with Crippen molar-refractivity contribution in [3.63, 3.8) is 0 Å². The zero-order valence-corrected chi connectivity index (χ0v) is 8.46. The van der Waals surface area contributed by atoms with E-state index in [1.165, 1.54) is 11.1 Å². The first-order valence-electron chi connectivity index (χ1n) is 4.71. The third-order valence-corrected chi connectivity index (χ3v) is 2.24. The van der Waals surface area contributed by atoms with E-state index in [0.717, 1.165) is 0 Å². The van der Waals surface area contributed by atoms with E-state index in [1.54, 1.807) is 0 Å². The Labute approximate surface area is 112 Å². The van der Waals surface area contributed by atoms with Crippen LogP contribution in [0.4, 0.5) is 0 Å². The first-order valence-corrected chi connectivity index (χ1v) is 4.71. The van der Waals surface area contributed by atoms with Crippen LogP contribution in [-0.2, 0) is 0 Å². The molecule has 0 unspecified atom stereocenters. The second-order valence-electron chi connectivity index (χ2n) is 3.98. The second-order valence-corrected chi connectivity index (χ2v) is 3.98. The molecule has 0 saturated carbocycles. The minimum atomic E-state index is 0. The zero-order chi connectivity index (χ0) is 9.14. The van der Waals surface area contributed by atoms with Gasteiger partial charge in [0.1, 0.15) is 0 Å². The van der Waals surface area contributed by atoms with E-state index in [2.05, 4.69) is 52.0 Å². The third kappa shape index (κ3) is 4.77. The summed E-state index contributed by atoms with van der Waals surface area (Å²) in [6, 6.07) is 8.88. The van der Waals surface area contributed by atoms with Crippen LogP contribution in [0.15, 0.2) is 24.3 Å². The van der Waals surface area contributed by atoms with Crippen molar-refractivity contribution in [3.05, 3.63) is 35.4 Å². The van der Waals surface area contributed by atoms with Gasteiger partial charge >= 0.3 is 37.7 Å². The molecule has 0 aliphatic rings. The molecule has 0 aromatic heterocycles. The molecule has 0 heterocycles. The van der Waals surface area contributed by atoms with Crippen molar-refractivity contribution in [2.24, 2.45) is 0 Å². The Hall–Kier alpha value is 0.415. The SMILES string of the molecule is CC(C)c1cccc(C(C)C)c1.[LiH].[LiH]. The molecular formula is C12H20Li2. The van der Waals surface area contributed by atoms with E-state index >= 15 is 0 Å². The van der Waals surface area contributed by atoms with Gasteiger partial charge in [-0.15, -0.1) is 0 Å². The van der Waals surface area contributed by atoms with Crippen LogP contribution in [0, 0.1) is 0 Å². The molecule has 0 amide bonds. The van der Waals surface area contributed by atoms with Gasteiger partial charge in [-0.05, 0) is 23.0 Å². The minimum absolute atomic E-state index is 0. The quantitative estimate of drug-likeness (QED) is 0.611. The Kier molecular flexibility index (Phi) is 9.22. The molecule has 1 rings (SSSR count). The number of hydrogen-bond acceptors (Lipinski definition) is 0. The van der Waals surface area contributed by atoms with Crippen LogP contribution < -0.4 is 0 Å². The summed E-state index contributed by atoms with van der Waals surface area (Å²) in [7, 11) is 0. The summed E-state index contributed by atoms with van der Waals surface area (Å²) in [6.07, 6.45) is 0. The van der Waals surface area contributed by atoms with E-state index in [-0.39, 0.29) is 37.7 Å². The van der Waals surface area contributed by atoms with Gasteiger partial charge in [-0.25, -0.2) is 0 Å². The Morgan fingerprint density at radius 3 is 1.43 bits per heavy atom. The number of hydrogen-bond donors (Lipinski definition) is 0. The fraction of sp³-hybridized carbons (Fsp3) is 0.500. The first kappa shape index (κ1) is 16.8. The molecule has 0 N–H and O–H groups in total. The predicted molar refractivity (Wildman–Crippen MR) is 68.9 cm³/mol. The molecule has 1 aromatic carbocycles. The molecule has 0 spiro atoms. The Morgan fingerprint density at radius 2 is 1.14 bits per heavy atom. The van der Waals surface area contributed by atoms with Crippen LogP contribution in [0.3, 0.4) is 0 Å². The van der Waals surface area contributed by atoms with Crippen molar-refractivity contribution in [1.29, 1.82) is 0 Å². The molecular weight excluding hydrogens is 158 g/mol. The van der Waals surface area contributed by atoms with Crippen LogP contribution in [0.25, 0.3) is 0 Å². The van der Waals surface area contributed by atoms with Gasteiger partial charge in [-0.2, -0.15) is 0 Å². The number of rotatable bonds is 2. The van der Waals surface area contributed by atoms with Crippen molar-refractivity contribution >= 4 is 37.7 Å². The van der Waals surface area contributed by atoms with Crippen molar-refractivity contribution in [2.45, 2.75) is 39.5 Å². The van der Waals surface area contributed by atoms with E-state index in [9.17, 15) is 0 Å². The van der Waals surface area contributed by atoms with Gasteiger partial charge in [0.2, 0.25) is 0 Å². The molecule has 0 bridgehead atoms. The molecule has 70 valence electrons. The fourth-order valence-corrected chi connectivity index (χ4v) is 1.28. The van der Waals surface area contributed by atoms with E-state index in [0.29, 0.717) is 11.8 Å². The van der Waals surface area contributed by atoms with Gasteiger partial charge in [0.05, 0.1) is 0 Å². The maximum atomic E-state index is 2.31. The topological polar surface area (TPSA) is 0 Å². The first-order chi connectivity index (χ1) is 5.61. The average molecular weight is 178 g/mol. The fourth-order valence-electron chi connectivity index (χ4n) is 1.28. The average Bonchev–Trinajstić information content (AvgIpc) is 2.04. The summed E-state index contributed by atoms with van der Waals surface area (Å²) in [5.41, 5.74) is 2.89. The zero-order valence-electron chi connectivity index (χ0n) is 8.46. The summed E-state index contributed by atoms with van der Waals surface area (Å²) in [5, 5.41) is 0. The Morgan fingerprint density at radius 1 is 0.786 bits per heavy atom. The third-order valence-electron chi connectivity index (χ3n) is 2.24. The molecule has 1 aromatic rings. The number of benzene rings is 1. The summed E-state index contributed by atoms with van der Waals surface area (Å²) >= 11 is 0. The molecule has 14 heavy (non-hydrogen) atoms.